The second-order valence-electron chi connectivity index (χ2n) is 4.60. The highest BCUT2D eigenvalue weighted by molar-refractivity contribution is 7.92. The Bertz CT molecular complexity index is 801. The lowest BCUT2D eigenvalue weighted by Crippen LogP contribution is -2.13. The molecule has 22 heavy (non-hydrogen) atoms. The van der Waals surface area contributed by atoms with Crippen molar-refractivity contribution in [3.8, 4) is 0 Å². The number of nitrogens with one attached hydrogen (secondary N) is 1. The van der Waals surface area contributed by atoms with E-state index in [0.717, 1.165) is 24.8 Å². The van der Waals surface area contributed by atoms with Gasteiger partial charge in [0.2, 0.25) is 0 Å². The standard InChI is InChI=1S/C15H14FNO4S/c1-10-3-6-12(7-4-10)22(19,20)17-11-5-8-13(14(16)9-11)15(18)21-2/h3-9,17H,1-2H3. The minimum Gasteiger partial charge on any atom is -0.465 e. The second kappa shape index (κ2) is 6.15. The Morgan fingerprint density at radius 3 is 2.32 bits per heavy atom. The predicted molar refractivity (Wildman–Crippen MR) is 79.7 cm³/mol. The van der Waals surface area contributed by atoms with E-state index in [1.807, 2.05) is 6.92 Å². The smallest absolute Gasteiger partial charge is 0.340 e. The number of aryl methyl sites for hydroxylation is 1. The van der Waals surface area contributed by atoms with Gasteiger partial charge in [-0.3, -0.25) is 4.72 Å². The number of sulfonamides is 1. The van der Waals surface area contributed by atoms with Crippen molar-refractivity contribution in [1.29, 1.82) is 0 Å². The van der Waals surface area contributed by atoms with Crippen molar-refractivity contribution in [1.82, 2.24) is 0 Å². The minimum atomic E-state index is -3.82. The molecule has 0 heterocycles. The van der Waals surface area contributed by atoms with Crippen LogP contribution in [0.5, 0.6) is 0 Å². The predicted octanol–water partition coefficient (Wildman–Crippen LogP) is 2.72. The molecule has 0 bridgehead atoms. The number of carbonyl (C=O) groups excluding carboxylic acids is 1. The van der Waals surface area contributed by atoms with Gasteiger partial charge in [-0.1, -0.05) is 17.7 Å². The number of hydrogen-bond acceptors (Lipinski definition) is 4. The summed E-state index contributed by atoms with van der Waals surface area (Å²) in [4.78, 5) is 11.3. The fourth-order valence-electron chi connectivity index (χ4n) is 1.79. The first-order chi connectivity index (χ1) is 10.3. The molecule has 0 radical (unpaired) electrons. The molecule has 0 saturated heterocycles. The molecule has 0 unspecified atom stereocenters. The van der Waals surface area contributed by atoms with Crippen molar-refractivity contribution in [2.75, 3.05) is 11.8 Å². The Labute approximate surface area is 127 Å². The summed E-state index contributed by atoms with van der Waals surface area (Å²) in [6.07, 6.45) is 0. The molecule has 5 nitrogen and oxygen atoms in total. The van der Waals surface area contributed by atoms with Gasteiger partial charge >= 0.3 is 5.97 Å². The Morgan fingerprint density at radius 1 is 1.14 bits per heavy atom. The number of methoxy groups -OCH3 is 1. The number of ether oxygens (including phenoxy) is 1. The molecule has 0 aliphatic heterocycles. The van der Waals surface area contributed by atoms with Crippen molar-refractivity contribution >= 4 is 21.7 Å². The molecule has 0 spiro atoms. The molecular formula is C15H14FNO4S. The van der Waals surface area contributed by atoms with Crippen LogP contribution in [-0.4, -0.2) is 21.5 Å². The summed E-state index contributed by atoms with van der Waals surface area (Å²) in [7, 11) is -2.68. The van der Waals surface area contributed by atoms with Gasteiger partial charge in [0.25, 0.3) is 10.0 Å². The normalized spacial score (nSPS) is 11.0. The van der Waals surface area contributed by atoms with Gasteiger partial charge in [0.1, 0.15) is 5.82 Å². The average molecular weight is 323 g/mol. The molecule has 2 aromatic rings. The highest BCUT2D eigenvalue weighted by atomic mass is 32.2. The maximum absolute atomic E-state index is 13.8. The molecule has 0 saturated carbocycles. The van der Waals surface area contributed by atoms with Crippen LogP contribution in [0.4, 0.5) is 10.1 Å². The van der Waals surface area contributed by atoms with E-state index in [1.54, 1.807) is 12.1 Å². The number of anilines is 1. The Hall–Kier alpha value is -2.41. The molecule has 7 heteroatoms. The number of halogens is 1. The third kappa shape index (κ3) is 3.43. The summed E-state index contributed by atoms with van der Waals surface area (Å²) in [5.74, 6) is -1.69. The average Bonchev–Trinajstić information content (AvgIpc) is 2.46. The molecule has 2 rings (SSSR count). The van der Waals surface area contributed by atoms with E-state index in [9.17, 15) is 17.6 Å². The molecule has 0 aliphatic carbocycles. The first-order valence-electron chi connectivity index (χ1n) is 6.31. The number of esters is 1. The van der Waals surface area contributed by atoms with Crippen LogP contribution in [0.25, 0.3) is 0 Å². The summed E-state index contributed by atoms with van der Waals surface area (Å²) in [6.45, 7) is 1.84. The topological polar surface area (TPSA) is 72.5 Å². The molecule has 1 N–H and O–H groups in total. The fraction of sp³-hybridized carbons (Fsp3) is 0.133. The highest BCUT2D eigenvalue weighted by Gasteiger charge is 2.17. The molecule has 0 fully saturated rings. The maximum Gasteiger partial charge on any atom is 0.340 e. The maximum atomic E-state index is 13.8. The van der Waals surface area contributed by atoms with Crippen molar-refractivity contribution in [2.24, 2.45) is 0 Å². The van der Waals surface area contributed by atoms with E-state index < -0.39 is 21.8 Å². The minimum absolute atomic E-state index is 0.0192. The highest BCUT2D eigenvalue weighted by Crippen LogP contribution is 2.19. The number of hydrogen-bond donors (Lipinski definition) is 1. The van der Waals surface area contributed by atoms with E-state index in [1.165, 1.54) is 18.2 Å². The molecule has 0 atom stereocenters. The van der Waals surface area contributed by atoms with E-state index >= 15 is 0 Å². The van der Waals surface area contributed by atoms with Crippen LogP contribution in [0, 0.1) is 12.7 Å². The lowest BCUT2D eigenvalue weighted by molar-refractivity contribution is 0.0595. The van der Waals surface area contributed by atoms with Gasteiger partial charge in [-0.2, -0.15) is 0 Å². The Morgan fingerprint density at radius 2 is 1.77 bits per heavy atom. The van der Waals surface area contributed by atoms with Gasteiger partial charge < -0.3 is 4.74 Å². The van der Waals surface area contributed by atoms with Crippen LogP contribution in [0.2, 0.25) is 0 Å². The summed E-state index contributed by atoms with van der Waals surface area (Å²) in [5.41, 5.74) is 0.680. The summed E-state index contributed by atoms with van der Waals surface area (Å²) in [6, 6.07) is 9.62. The Kier molecular flexibility index (Phi) is 4.46. The van der Waals surface area contributed by atoms with E-state index in [2.05, 4.69) is 9.46 Å². The molecule has 116 valence electrons. The van der Waals surface area contributed by atoms with Crippen molar-refractivity contribution in [3.63, 3.8) is 0 Å². The largest absolute Gasteiger partial charge is 0.465 e. The van der Waals surface area contributed by atoms with Crippen LogP contribution < -0.4 is 4.72 Å². The molecule has 2 aromatic carbocycles. The van der Waals surface area contributed by atoms with Crippen LogP contribution >= 0.6 is 0 Å². The fourth-order valence-corrected chi connectivity index (χ4v) is 2.84. The van der Waals surface area contributed by atoms with Crippen LogP contribution in [0.1, 0.15) is 15.9 Å². The van der Waals surface area contributed by atoms with Gasteiger partial charge in [-0.05, 0) is 37.3 Å². The van der Waals surface area contributed by atoms with Gasteiger partial charge in [0.15, 0.2) is 0 Å². The molecule has 0 amide bonds. The van der Waals surface area contributed by atoms with Gasteiger partial charge in [-0.15, -0.1) is 0 Å². The summed E-state index contributed by atoms with van der Waals surface area (Å²) < 4.78 is 44.8. The zero-order valence-corrected chi connectivity index (χ0v) is 12.8. The quantitative estimate of drug-likeness (QED) is 0.878. The van der Waals surface area contributed by atoms with Gasteiger partial charge in [0.05, 0.1) is 23.3 Å². The van der Waals surface area contributed by atoms with Crippen molar-refractivity contribution in [2.45, 2.75) is 11.8 Å². The second-order valence-corrected chi connectivity index (χ2v) is 6.29. The van der Waals surface area contributed by atoms with E-state index in [-0.39, 0.29) is 16.1 Å². The first-order valence-corrected chi connectivity index (χ1v) is 7.79. The summed E-state index contributed by atoms with van der Waals surface area (Å²) in [5, 5.41) is 0. The molecule has 0 aliphatic rings. The zero-order valence-electron chi connectivity index (χ0n) is 12.0. The first kappa shape index (κ1) is 16.0. The van der Waals surface area contributed by atoms with Crippen LogP contribution in [0.15, 0.2) is 47.4 Å². The SMILES string of the molecule is COC(=O)c1ccc(NS(=O)(=O)c2ccc(C)cc2)cc1F. The lowest BCUT2D eigenvalue weighted by Gasteiger charge is -2.09. The number of rotatable bonds is 4. The van der Waals surface area contributed by atoms with Gasteiger partial charge in [-0.25, -0.2) is 17.6 Å². The Balaban J connectivity index is 2.28. The molecule has 0 aromatic heterocycles. The summed E-state index contributed by atoms with van der Waals surface area (Å²) >= 11 is 0. The monoisotopic (exact) mass is 323 g/mol. The van der Waals surface area contributed by atoms with Crippen molar-refractivity contribution < 1.29 is 22.3 Å². The molecular weight excluding hydrogens is 309 g/mol. The lowest BCUT2D eigenvalue weighted by atomic mass is 10.2. The van der Waals surface area contributed by atoms with Crippen LogP contribution in [0.3, 0.4) is 0 Å². The van der Waals surface area contributed by atoms with Gasteiger partial charge in [0, 0.05) is 0 Å². The zero-order chi connectivity index (χ0) is 16.3. The van der Waals surface area contributed by atoms with Crippen LogP contribution in [-0.2, 0) is 14.8 Å². The van der Waals surface area contributed by atoms with Crippen molar-refractivity contribution in [3.05, 3.63) is 59.4 Å². The van der Waals surface area contributed by atoms with E-state index in [0.29, 0.717) is 0 Å². The van der Waals surface area contributed by atoms with E-state index in [4.69, 9.17) is 0 Å². The third-order valence-electron chi connectivity index (χ3n) is 2.96. The third-order valence-corrected chi connectivity index (χ3v) is 4.36. The number of carbonyl (C=O) groups is 1. The number of benzene rings is 2.